The van der Waals surface area contributed by atoms with Gasteiger partial charge in [0.15, 0.2) is 0 Å². The van der Waals surface area contributed by atoms with E-state index in [0.29, 0.717) is 12.6 Å². The molecule has 0 bridgehead atoms. The molecule has 0 spiro atoms. The average Bonchev–Trinajstić information content (AvgIpc) is 2.30. The van der Waals surface area contributed by atoms with E-state index in [1.807, 2.05) is 13.0 Å². The van der Waals surface area contributed by atoms with Crippen molar-refractivity contribution < 1.29 is 9.53 Å². The molecule has 1 fully saturated rings. The normalized spacial score (nSPS) is 29.5. The number of rotatable bonds is 5. The minimum atomic E-state index is -0.251. The van der Waals surface area contributed by atoms with Crippen molar-refractivity contribution >= 4 is 5.97 Å². The largest absolute Gasteiger partial charge is 0.463 e. The molecule has 3 unspecified atom stereocenters. The second-order valence-electron chi connectivity index (χ2n) is 4.94. The van der Waals surface area contributed by atoms with E-state index in [1.54, 1.807) is 0 Å². The second-order valence-corrected chi connectivity index (χ2v) is 4.94. The van der Waals surface area contributed by atoms with Gasteiger partial charge in [0.05, 0.1) is 6.61 Å². The fourth-order valence-corrected chi connectivity index (χ4v) is 2.43. The Morgan fingerprint density at radius 3 is 2.88 bits per heavy atom. The van der Waals surface area contributed by atoms with Crippen molar-refractivity contribution in [3.8, 4) is 0 Å². The maximum atomic E-state index is 11.1. The van der Waals surface area contributed by atoms with Crippen LogP contribution in [0.5, 0.6) is 0 Å². The lowest BCUT2D eigenvalue weighted by molar-refractivity contribution is -0.137. The summed E-state index contributed by atoms with van der Waals surface area (Å²) < 4.78 is 4.82. The highest BCUT2D eigenvalue weighted by Gasteiger charge is 2.25. The van der Waals surface area contributed by atoms with Crippen LogP contribution < -0.4 is 5.32 Å². The Morgan fingerprint density at radius 2 is 2.18 bits per heavy atom. The van der Waals surface area contributed by atoms with E-state index in [1.165, 1.54) is 25.3 Å². The first-order chi connectivity index (χ1) is 8.15. The third-order valence-electron chi connectivity index (χ3n) is 3.75. The van der Waals surface area contributed by atoms with Crippen molar-refractivity contribution in [2.45, 2.75) is 46.1 Å². The molecule has 98 valence electrons. The van der Waals surface area contributed by atoms with Crippen molar-refractivity contribution in [1.29, 1.82) is 0 Å². The van der Waals surface area contributed by atoms with Crippen LogP contribution in [0.1, 0.15) is 40.0 Å². The minimum absolute atomic E-state index is 0.251. The van der Waals surface area contributed by atoms with Crippen LogP contribution >= 0.6 is 0 Å². The number of carbonyl (C=O) groups is 1. The zero-order valence-corrected chi connectivity index (χ0v) is 11.2. The van der Waals surface area contributed by atoms with Crippen LogP contribution in [0.3, 0.4) is 0 Å². The minimum Gasteiger partial charge on any atom is -0.463 e. The molecular weight excluding hydrogens is 214 g/mol. The van der Waals surface area contributed by atoms with Gasteiger partial charge in [0, 0.05) is 18.7 Å². The summed E-state index contributed by atoms with van der Waals surface area (Å²) in [4.78, 5) is 11.1. The van der Waals surface area contributed by atoms with Crippen LogP contribution in [-0.4, -0.2) is 25.2 Å². The van der Waals surface area contributed by atoms with E-state index in [2.05, 4.69) is 19.2 Å². The summed E-state index contributed by atoms with van der Waals surface area (Å²) in [5.74, 6) is 1.27. The van der Waals surface area contributed by atoms with Gasteiger partial charge in [-0.05, 0) is 25.2 Å². The van der Waals surface area contributed by atoms with Crippen molar-refractivity contribution in [2.24, 2.45) is 11.8 Å². The molecule has 1 N–H and O–H groups in total. The van der Waals surface area contributed by atoms with Crippen molar-refractivity contribution in [3.05, 3.63) is 12.2 Å². The number of ether oxygens (including phenoxy) is 1. The summed E-state index contributed by atoms with van der Waals surface area (Å²) in [6, 6.07) is 0.589. The summed E-state index contributed by atoms with van der Waals surface area (Å²) in [5.41, 5.74) is 0. The van der Waals surface area contributed by atoms with E-state index in [0.717, 1.165) is 18.4 Å². The van der Waals surface area contributed by atoms with E-state index < -0.39 is 0 Å². The fourth-order valence-electron chi connectivity index (χ4n) is 2.43. The average molecular weight is 239 g/mol. The highest BCUT2D eigenvalue weighted by atomic mass is 16.5. The molecule has 0 saturated heterocycles. The van der Waals surface area contributed by atoms with E-state index in [9.17, 15) is 4.79 Å². The maximum absolute atomic E-state index is 11.1. The van der Waals surface area contributed by atoms with Gasteiger partial charge in [-0.25, -0.2) is 4.79 Å². The molecule has 3 heteroatoms. The van der Waals surface area contributed by atoms with Crippen LogP contribution in [-0.2, 0) is 9.53 Å². The van der Waals surface area contributed by atoms with Gasteiger partial charge < -0.3 is 10.1 Å². The molecule has 0 amide bonds. The van der Waals surface area contributed by atoms with Crippen molar-refractivity contribution in [2.75, 3.05) is 13.2 Å². The van der Waals surface area contributed by atoms with E-state index in [-0.39, 0.29) is 5.97 Å². The quantitative estimate of drug-likeness (QED) is 0.592. The molecule has 3 nitrogen and oxygen atoms in total. The van der Waals surface area contributed by atoms with E-state index >= 15 is 0 Å². The number of hydrogen-bond donors (Lipinski definition) is 1. The van der Waals surface area contributed by atoms with Gasteiger partial charge in [-0.15, -0.1) is 0 Å². The third kappa shape index (κ3) is 4.90. The standard InChI is InChI=1S/C14H25NO2/c1-4-17-14(16)9-6-10-15-13-8-5-7-11(2)12(13)3/h6,9,11-13,15H,4-5,7-8,10H2,1-3H3/b9-6+. The van der Waals surface area contributed by atoms with Crippen molar-refractivity contribution in [3.63, 3.8) is 0 Å². The molecule has 0 aliphatic heterocycles. The van der Waals surface area contributed by atoms with Gasteiger partial charge in [-0.1, -0.05) is 32.8 Å². The van der Waals surface area contributed by atoms with Gasteiger partial charge in [-0.2, -0.15) is 0 Å². The highest BCUT2D eigenvalue weighted by molar-refractivity contribution is 5.81. The molecule has 0 aromatic rings. The first-order valence-corrected chi connectivity index (χ1v) is 6.71. The lowest BCUT2D eigenvalue weighted by Gasteiger charge is -2.34. The fraction of sp³-hybridized carbons (Fsp3) is 0.786. The Kier molecular flexibility index (Phi) is 6.27. The van der Waals surface area contributed by atoms with Gasteiger partial charge in [0.2, 0.25) is 0 Å². The lowest BCUT2D eigenvalue weighted by Crippen LogP contribution is -2.40. The monoisotopic (exact) mass is 239 g/mol. The number of carbonyl (C=O) groups excluding carboxylic acids is 1. The SMILES string of the molecule is CCOC(=O)/C=C/CNC1CCCC(C)C1C. The predicted molar refractivity (Wildman–Crippen MR) is 69.7 cm³/mol. The molecule has 3 atom stereocenters. The predicted octanol–water partition coefficient (Wildman–Crippen LogP) is 2.52. The van der Waals surface area contributed by atoms with Crippen LogP contribution in [0, 0.1) is 11.8 Å². The number of nitrogens with one attached hydrogen (secondary N) is 1. The van der Waals surface area contributed by atoms with Gasteiger partial charge in [0.25, 0.3) is 0 Å². The molecule has 17 heavy (non-hydrogen) atoms. The van der Waals surface area contributed by atoms with Gasteiger partial charge in [-0.3, -0.25) is 0 Å². The lowest BCUT2D eigenvalue weighted by atomic mass is 9.78. The zero-order valence-electron chi connectivity index (χ0n) is 11.2. The molecule has 0 radical (unpaired) electrons. The molecular formula is C14H25NO2. The van der Waals surface area contributed by atoms with Crippen LogP contribution in [0.2, 0.25) is 0 Å². The van der Waals surface area contributed by atoms with E-state index in [4.69, 9.17) is 4.74 Å². The summed E-state index contributed by atoms with van der Waals surface area (Å²) >= 11 is 0. The van der Waals surface area contributed by atoms with Gasteiger partial charge >= 0.3 is 5.97 Å². The Balaban J connectivity index is 2.23. The molecule has 0 heterocycles. The smallest absolute Gasteiger partial charge is 0.330 e. The Bertz CT molecular complexity index is 263. The summed E-state index contributed by atoms with van der Waals surface area (Å²) in [6.45, 7) is 7.65. The molecule has 1 rings (SSSR count). The number of hydrogen-bond acceptors (Lipinski definition) is 3. The Hall–Kier alpha value is -0.830. The molecule has 1 aliphatic carbocycles. The Labute approximate surface area is 105 Å². The first-order valence-electron chi connectivity index (χ1n) is 6.71. The Morgan fingerprint density at radius 1 is 1.41 bits per heavy atom. The zero-order chi connectivity index (χ0) is 12.7. The topological polar surface area (TPSA) is 38.3 Å². The number of esters is 1. The summed E-state index contributed by atoms with van der Waals surface area (Å²) in [6.07, 6.45) is 7.26. The van der Waals surface area contributed by atoms with Gasteiger partial charge in [0.1, 0.15) is 0 Å². The third-order valence-corrected chi connectivity index (χ3v) is 3.75. The maximum Gasteiger partial charge on any atom is 0.330 e. The van der Waals surface area contributed by atoms with Crippen LogP contribution in [0.25, 0.3) is 0 Å². The molecule has 0 aromatic heterocycles. The van der Waals surface area contributed by atoms with Crippen LogP contribution in [0.15, 0.2) is 12.2 Å². The second kappa shape index (κ2) is 7.49. The summed E-state index contributed by atoms with van der Waals surface area (Å²) in [5, 5.41) is 3.50. The highest BCUT2D eigenvalue weighted by Crippen LogP contribution is 2.29. The molecule has 1 aliphatic rings. The molecule has 0 aromatic carbocycles. The first kappa shape index (κ1) is 14.2. The van der Waals surface area contributed by atoms with Crippen LogP contribution in [0.4, 0.5) is 0 Å². The van der Waals surface area contributed by atoms with Crippen molar-refractivity contribution in [1.82, 2.24) is 5.32 Å². The molecule has 1 saturated carbocycles. The summed E-state index contributed by atoms with van der Waals surface area (Å²) in [7, 11) is 0.